The summed E-state index contributed by atoms with van der Waals surface area (Å²) in [6.45, 7) is 0. The number of carbonyl (C=O) groups is 1. The van der Waals surface area contributed by atoms with Crippen LogP contribution in [0.25, 0.3) is 0 Å². The van der Waals surface area contributed by atoms with Crippen LogP contribution in [0.2, 0.25) is 0 Å². The van der Waals surface area contributed by atoms with Gasteiger partial charge in [-0.3, -0.25) is 5.73 Å². The summed E-state index contributed by atoms with van der Waals surface area (Å²) in [5.41, 5.74) is 4.14. The molecule has 0 heterocycles. The maximum atomic E-state index is 12.3. The van der Waals surface area contributed by atoms with E-state index in [4.69, 9.17) is 10.5 Å². The number of benzene rings is 1. The molecule has 0 aliphatic heterocycles. The average molecular weight is 303 g/mol. The van der Waals surface area contributed by atoms with E-state index in [0.29, 0.717) is 18.6 Å². The van der Waals surface area contributed by atoms with Crippen LogP contribution in [0.3, 0.4) is 0 Å². The van der Waals surface area contributed by atoms with Crippen molar-refractivity contribution in [2.24, 2.45) is 5.73 Å². The molecule has 1 aromatic carbocycles. The maximum Gasteiger partial charge on any atom is 0.490 e. The van der Waals surface area contributed by atoms with Gasteiger partial charge in [0.1, 0.15) is 11.9 Å². The summed E-state index contributed by atoms with van der Waals surface area (Å²) in [6, 6.07) is 8.89. The largest absolute Gasteiger partial charge is 0.490 e. The van der Waals surface area contributed by atoms with Gasteiger partial charge in [0.15, 0.2) is 5.72 Å². The van der Waals surface area contributed by atoms with Crippen LogP contribution in [0.1, 0.15) is 25.7 Å². The van der Waals surface area contributed by atoms with Gasteiger partial charge in [0.05, 0.1) is 0 Å². The SMILES string of the molecule is N[C@@]1(OC(=O)C(F)(F)F)CCC[C@H](Oc2ccccc2)C1. The number of carbonyl (C=O) groups excluding carboxylic acids is 1. The second-order valence-electron chi connectivity index (χ2n) is 5.10. The molecule has 0 unspecified atom stereocenters. The number of esters is 1. The third-order valence-corrected chi connectivity index (χ3v) is 3.27. The summed E-state index contributed by atoms with van der Waals surface area (Å²) < 4.78 is 46.9. The summed E-state index contributed by atoms with van der Waals surface area (Å²) in [5, 5.41) is 0. The molecule has 4 nitrogen and oxygen atoms in total. The molecule has 1 fully saturated rings. The van der Waals surface area contributed by atoms with Crippen molar-refractivity contribution >= 4 is 5.97 Å². The summed E-state index contributed by atoms with van der Waals surface area (Å²) in [4.78, 5) is 10.9. The van der Waals surface area contributed by atoms with E-state index in [1.54, 1.807) is 24.3 Å². The van der Waals surface area contributed by atoms with E-state index in [1.165, 1.54) is 0 Å². The zero-order valence-corrected chi connectivity index (χ0v) is 11.2. The number of hydrogen-bond acceptors (Lipinski definition) is 4. The lowest BCUT2D eigenvalue weighted by molar-refractivity contribution is -0.218. The van der Waals surface area contributed by atoms with Crippen molar-refractivity contribution in [3.05, 3.63) is 30.3 Å². The number of halogens is 3. The van der Waals surface area contributed by atoms with Crippen molar-refractivity contribution in [3.8, 4) is 5.75 Å². The first-order chi connectivity index (χ1) is 9.78. The quantitative estimate of drug-likeness (QED) is 0.689. The van der Waals surface area contributed by atoms with E-state index >= 15 is 0 Å². The van der Waals surface area contributed by atoms with Crippen LogP contribution < -0.4 is 10.5 Å². The minimum Gasteiger partial charge on any atom is -0.490 e. The Morgan fingerprint density at radius 3 is 2.57 bits per heavy atom. The highest BCUT2D eigenvalue weighted by atomic mass is 19.4. The molecule has 0 amide bonds. The molecule has 1 aliphatic rings. The molecule has 0 radical (unpaired) electrons. The highest BCUT2D eigenvalue weighted by molar-refractivity contribution is 5.76. The second-order valence-corrected chi connectivity index (χ2v) is 5.10. The normalized spacial score (nSPS) is 26.2. The molecule has 1 aromatic rings. The molecular weight excluding hydrogens is 287 g/mol. The molecule has 0 spiro atoms. The molecule has 0 saturated heterocycles. The van der Waals surface area contributed by atoms with Crippen LogP contribution >= 0.6 is 0 Å². The third-order valence-electron chi connectivity index (χ3n) is 3.27. The van der Waals surface area contributed by atoms with Crippen molar-refractivity contribution in [1.29, 1.82) is 0 Å². The van der Waals surface area contributed by atoms with E-state index in [2.05, 4.69) is 4.74 Å². The van der Waals surface area contributed by atoms with E-state index in [-0.39, 0.29) is 18.9 Å². The number of para-hydroxylation sites is 1. The maximum absolute atomic E-state index is 12.3. The van der Waals surface area contributed by atoms with Crippen molar-refractivity contribution in [2.75, 3.05) is 0 Å². The van der Waals surface area contributed by atoms with E-state index in [0.717, 1.165) is 0 Å². The Labute approximate surface area is 120 Å². The zero-order valence-electron chi connectivity index (χ0n) is 11.2. The predicted molar refractivity (Wildman–Crippen MR) is 68.4 cm³/mol. The first-order valence-corrected chi connectivity index (χ1v) is 6.59. The van der Waals surface area contributed by atoms with Crippen LogP contribution in [0.5, 0.6) is 5.75 Å². The van der Waals surface area contributed by atoms with Gasteiger partial charge in [-0.15, -0.1) is 0 Å². The molecule has 0 bridgehead atoms. The van der Waals surface area contributed by atoms with Crippen LogP contribution in [0, 0.1) is 0 Å². The van der Waals surface area contributed by atoms with Crippen molar-refractivity contribution in [3.63, 3.8) is 0 Å². The molecule has 7 heteroatoms. The standard InChI is InChI=1S/C14H16F3NO3/c15-14(16,17)12(19)21-13(18)8-4-7-11(9-13)20-10-5-2-1-3-6-10/h1-3,5-6,11H,4,7-9,18H2/t11-,13+/m0/s1. The van der Waals surface area contributed by atoms with Crippen molar-refractivity contribution in [1.82, 2.24) is 0 Å². The smallest absolute Gasteiger partial charge is 0.490 e. The average Bonchev–Trinajstić information content (AvgIpc) is 2.38. The van der Waals surface area contributed by atoms with Gasteiger partial charge >= 0.3 is 12.1 Å². The van der Waals surface area contributed by atoms with Gasteiger partial charge in [0, 0.05) is 12.8 Å². The summed E-state index contributed by atoms with van der Waals surface area (Å²) >= 11 is 0. The number of nitrogens with two attached hydrogens (primary N) is 1. The summed E-state index contributed by atoms with van der Waals surface area (Å²) in [7, 11) is 0. The number of ether oxygens (including phenoxy) is 2. The van der Waals surface area contributed by atoms with E-state index < -0.39 is 17.9 Å². The second kappa shape index (κ2) is 5.93. The first-order valence-electron chi connectivity index (χ1n) is 6.59. The van der Waals surface area contributed by atoms with Crippen molar-refractivity contribution in [2.45, 2.75) is 43.7 Å². The minimum absolute atomic E-state index is 0.0315. The lowest BCUT2D eigenvalue weighted by Gasteiger charge is -2.37. The zero-order chi connectivity index (χ0) is 15.5. The highest BCUT2D eigenvalue weighted by Gasteiger charge is 2.47. The lowest BCUT2D eigenvalue weighted by atomic mass is 9.90. The van der Waals surface area contributed by atoms with Gasteiger partial charge in [-0.1, -0.05) is 18.2 Å². The highest BCUT2D eigenvalue weighted by Crippen LogP contribution is 2.32. The Kier molecular flexibility index (Phi) is 4.41. The minimum atomic E-state index is -5.04. The molecule has 21 heavy (non-hydrogen) atoms. The van der Waals surface area contributed by atoms with Crippen molar-refractivity contribution < 1.29 is 27.4 Å². The Balaban J connectivity index is 1.98. The summed E-state index contributed by atoms with van der Waals surface area (Å²) in [5.74, 6) is -1.65. The molecule has 2 N–H and O–H groups in total. The number of hydrogen-bond donors (Lipinski definition) is 1. The lowest BCUT2D eigenvalue weighted by Crippen LogP contribution is -2.52. The van der Waals surface area contributed by atoms with Gasteiger partial charge in [0.25, 0.3) is 0 Å². The Morgan fingerprint density at radius 1 is 1.29 bits per heavy atom. The van der Waals surface area contributed by atoms with Crippen LogP contribution in [-0.2, 0) is 9.53 Å². The molecular formula is C14H16F3NO3. The van der Waals surface area contributed by atoms with E-state index in [1.807, 2.05) is 6.07 Å². The molecule has 0 aromatic heterocycles. The third kappa shape index (κ3) is 4.35. The van der Waals surface area contributed by atoms with Gasteiger partial charge in [-0.2, -0.15) is 13.2 Å². The Hall–Kier alpha value is -1.76. The van der Waals surface area contributed by atoms with Gasteiger partial charge < -0.3 is 9.47 Å². The van der Waals surface area contributed by atoms with Gasteiger partial charge in [-0.05, 0) is 25.0 Å². The fourth-order valence-electron chi connectivity index (χ4n) is 2.35. The monoisotopic (exact) mass is 303 g/mol. The van der Waals surface area contributed by atoms with Crippen LogP contribution in [0.15, 0.2) is 30.3 Å². The Bertz CT molecular complexity index is 492. The molecule has 116 valence electrons. The topological polar surface area (TPSA) is 61.5 Å². The molecule has 2 atom stereocenters. The molecule has 1 saturated carbocycles. The van der Waals surface area contributed by atoms with Crippen LogP contribution in [0.4, 0.5) is 13.2 Å². The first kappa shape index (κ1) is 15.6. The summed E-state index contributed by atoms with van der Waals surface area (Å²) in [6.07, 6.45) is -4.03. The molecule has 2 rings (SSSR count). The van der Waals surface area contributed by atoms with Gasteiger partial charge in [-0.25, -0.2) is 4.79 Å². The van der Waals surface area contributed by atoms with Crippen LogP contribution in [-0.4, -0.2) is 24.0 Å². The van der Waals surface area contributed by atoms with E-state index in [9.17, 15) is 18.0 Å². The van der Waals surface area contributed by atoms with Gasteiger partial charge in [0.2, 0.25) is 0 Å². The number of rotatable bonds is 3. The fraction of sp³-hybridized carbons (Fsp3) is 0.500. The number of alkyl halides is 3. The molecule has 1 aliphatic carbocycles. The predicted octanol–water partition coefficient (Wildman–Crippen LogP) is 2.77. The Morgan fingerprint density at radius 2 is 1.95 bits per heavy atom. The fourth-order valence-corrected chi connectivity index (χ4v) is 2.35.